The van der Waals surface area contributed by atoms with Crippen molar-refractivity contribution in [1.29, 1.82) is 0 Å². The predicted octanol–water partition coefficient (Wildman–Crippen LogP) is 4.33. The Morgan fingerprint density at radius 3 is 2.83 bits per heavy atom. The van der Waals surface area contributed by atoms with Gasteiger partial charge in [-0.05, 0) is 57.1 Å². The summed E-state index contributed by atoms with van der Waals surface area (Å²) < 4.78 is 22.3. The average molecular weight is 491 g/mol. The second-order valence-electron chi connectivity index (χ2n) is 9.76. The fourth-order valence-electron chi connectivity index (χ4n) is 4.92. The number of piperidine rings is 1. The van der Waals surface area contributed by atoms with Gasteiger partial charge >= 0.3 is 0 Å². The highest BCUT2D eigenvalue weighted by Gasteiger charge is 2.24. The van der Waals surface area contributed by atoms with Gasteiger partial charge in [0.05, 0.1) is 17.9 Å². The number of hydrogen-bond acceptors (Lipinski definition) is 6. The predicted molar refractivity (Wildman–Crippen MR) is 138 cm³/mol. The molecule has 189 valence electrons. The Kier molecular flexibility index (Phi) is 7.29. The summed E-state index contributed by atoms with van der Waals surface area (Å²) in [7, 11) is 3.95. The highest BCUT2D eigenvalue weighted by molar-refractivity contribution is 5.89. The van der Waals surface area contributed by atoms with Crippen LogP contribution in [0.2, 0.25) is 0 Å². The molecule has 0 aliphatic carbocycles. The van der Waals surface area contributed by atoms with Gasteiger partial charge in [-0.25, -0.2) is 14.4 Å². The van der Waals surface area contributed by atoms with Crippen LogP contribution in [-0.2, 0) is 6.54 Å². The van der Waals surface area contributed by atoms with Crippen LogP contribution in [0.25, 0.3) is 22.3 Å². The van der Waals surface area contributed by atoms with Gasteiger partial charge in [0.15, 0.2) is 0 Å². The molecule has 0 spiro atoms. The molecule has 4 aromatic rings. The van der Waals surface area contributed by atoms with E-state index in [-0.39, 0.29) is 18.0 Å². The smallest absolute Gasteiger partial charge is 0.141 e. The molecule has 0 saturated carbocycles. The third-order valence-electron chi connectivity index (χ3n) is 6.67. The van der Waals surface area contributed by atoms with E-state index in [1.54, 1.807) is 12.4 Å². The standard InChI is InChI=1S/C27H33FN7O/c1-4-22(35-16-20(14-32-35)26-25-5-8-29-27(25)31-18-30-26)17-34-9-6-23(7-10-34)36-24-12-19(15-33(2)3)11-21(28)13-24/h5,8,11-14,16,18,22-23H,1,4,6-7,9-10,15,17H2,2-3H3,(H,29,30,31)/t22-/m0/s1. The molecule has 1 aromatic carbocycles. The largest absolute Gasteiger partial charge is 0.490 e. The first kappa shape index (κ1) is 24.4. The molecule has 0 unspecified atom stereocenters. The van der Waals surface area contributed by atoms with E-state index in [1.807, 2.05) is 48.2 Å². The number of aromatic nitrogens is 5. The molecule has 1 saturated heterocycles. The summed E-state index contributed by atoms with van der Waals surface area (Å²) >= 11 is 0. The first-order valence-electron chi connectivity index (χ1n) is 12.4. The Hall–Kier alpha value is -3.30. The maximum atomic E-state index is 14.1. The molecule has 1 N–H and O–H groups in total. The number of hydrogen-bond donors (Lipinski definition) is 1. The number of ether oxygens (including phenoxy) is 1. The summed E-state index contributed by atoms with van der Waals surface area (Å²) in [5.41, 5.74) is 3.58. The Balaban J connectivity index is 1.18. The van der Waals surface area contributed by atoms with Gasteiger partial charge in [-0.2, -0.15) is 5.10 Å². The molecule has 1 aliphatic heterocycles. The molecule has 8 nitrogen and oxygen atoms in total. The number of aromatic amines is 1. The molecule has 9 heteroatoms. The van der Waals surface area contributed by atoms with Crippen LogP contribution in [0, 0.1) is 12.7 Å². The van der Waals surface area contributed by atoms with Crippen molar-refractivity contribution in [2.45, 2.75) is 38.0 Å². The number of likely N-dealkylation sites (tertiary alicyclic amines) is 1. The summed E-state index contributed by atoms with van der Waals surface area (Å²) in [6.45, 7) is 7.57. The highest BCUT2D eigenvalue weighted by Crippen LogP contribution is 2.27. The molecule has 3 aromatic heterocycles. The zero-order valence-electron chi connectivity index (χ0n) is 20.9. The fourth-order valence-corrected chi connectivity index (χ4v) is 4.92. The summed E-state index contributed by atoms with van der Waals surface area (Å²) in [5.74, 6) is 0.365. The lowest BCUT2D eigenvalue weighted by Crippen LogP contribution is -2.41. The van der Waals surface area contributed by atoms with E-state index in [9.17, 15) is 4.39 Å². The first-order valence-corrected chi connectivity index (χ1v) is 12.4. The van der Waals surface area contributed by atoms with Crippen LogP contribution in [0.15, 0.2) is 49.2 Å². The van der Waals surface area contributed by atoms with Gasteiger partial charge in [0.1, 0.15) is 29.6 Å². The molecular formula is C27H33FN7O. The highest BCUT2D eigenvalue weighted by atomic mass is 19.1. The van der Waals surface area contributed by atoms with E-state index < -0.39 is 0 Å². The lowest BCUT2D eigenvalue weighted by atomic mass is 10.1. The molecule has 36 heavy (non-hydrogen) atoms. The number of fused-ring (bicyclic) bond motifs is 1. The maximum Gasteiger partial charge on any atom is 0.141 e. The molecular weight excluding hydrogens is 457 g/mol. The summed E-state index contributed by atoms with van der Waals surface area (Å²) in [6.07, 6.45) is 9.99. The molecule has 0 amide bonds. The summed E-state index contributed by atoms with van der Waals surface area (Å²) in [4.78, 5) is 16.3. The van der Waals surface area contributed by atoms with Crippen molar-refractivity contribution in [2.75, 3.05) is 33.7 Å². The van der Waals surface area contributed by atoms with Crippen LogP contribution in [0.1, 0.15) is 30.9 Å². The fraction of sp³-hybridized carbons (Fsp3) is 0.407. The molecule has 1 fully saturated rings. The maximum absolute atomic E-state index is 14.1. The SMILES string of the molecule is [CH2]C[C@@H](CN1CCC(Oc2cc(F)cc(CN(C)C)c2)CC1)n1cc(-c2ncnc3[nH]ccc23)cn1. The average Bonchev–Trinajstić information content (AvgIpc) is 3.53. The van der Waals surface area contributed by atoms with Gasteiger partial charge in [0.2, 0.25) is 0 Å². The van der Waals surface area contributed by atoms with Crippen LogP contribution < -0.4 is 4.74 Å². The van der Waals surface area contributed by atoms with Gasteiger partial charge in [-0.1, -0.05) is 6.92 Å². The van der Waals surface area contributed by atoms with Crippen molar-refractivity contribution >= 4 is 11.0 Å². The van der Waals surface area contributed by atoms with Gasteiger partial charge in [0, 0.05) is 55.6 Å². The lowest BCUT2D eigenvalue weighted by molar-refractivity contribution is 0.0906. The van der Waals surface area contributed by atoms with E-state index >= 15 is 0 Å². The number of nitrogens with zero attached hydrogens (tertiary/aromatic N) is 6. The molecule has 4 heterocycles. The monoisotopic (exact) mass is 490 g/mol. The van der Waals surface area contributed by atoms with Crippen LogP contribution in [0.4, 0.5) is 4.39 Å². The Labute approximate surface area is 211 Å². The topological polar surface area (TPSA) is 75.1 Å². The number of H-pyrrole nitrogens is 1. The zero-order chi connectivity index (χ0) is 25.1. The van der Waals surface area contributed by atoms with Gasteiger partial charge in [0.25, 0.3) is 0 Å². The van der Waals surface area contributed by atoms with Gasteiger partial charge in [-0.3, -0.25) is 4.68 Å². The quantitative estimate of drug-likeness (QED) is 0.376. The number of rotatable bonds is 9. The van der Waals surface area contributed by atoms with Crippen LogP contribution in [0.3, 0.4) is 0 Å². The van der Waals surface area contributed by atoms with Crippen molar-refractivity contribution in [3.8, 4) is 17.0 Å². The minimum absolute atomic E-state index is 0.0892. The van der Waals surface area contributed by atoms with Crippen molar-refractivity contribution < 1.29 is 9.13 Å². The normalized spacial score (nSPS) is 16.1. The van der Waals surface area contributed by atoms with E-state index in [1.165, 1.54) is 6.07 Å². The number of benzene rings is 1. The van der Waals surface area contributed by atoms with Crippen molar-refractivity contribution in [3.05, 3.63) is 67.5 Å². The minimum atomic E-state index is -0.252. The molecule has 1 atom stereocenters. The van der Waals surface area contributed by atoms with E-state index in [2.05, 4.69) is 38.1 Å². The zero-order valence-corrected chi connectivity index (χ0v) is 20.9. The second kappa shape index (κ2) is 10.8. The second-order valence-corrected chi connectivity index (χ2v) is 9.76. The Morgan fingerprint density at radius 1 is 1.22 bits per heavy atom. The van der Waals surface area contributed by atoms with Gasteiger partial charge in [-0.15, -0.1) is 0 Å². The minimum Gasteiger partial charge on any atom is -0.490 e. The van der Waals surface area contributed by atoms with Crippen LogP contribution in [-0.4, -0.2) is 74.4 Å². The number of nitrogens with one attached hydrogen (secondary N) is 1. The molecule has 1 aliphatic rings. The third kappa shape index (κ3) is 5.57. The van der Waals surface area contributed by atoms with Crippen LogP contribution in [0.5, 0.6) is 5.75 Å². The van der Waals surface area contributed by atoms with Crippen molar-refractivity contribution in [1.82, 2.24) is 34.5 Å². The Bertz CT molecular complexity index is 1290. The Morgan fingerprint density at radius 2 is 2.06 bits per heavy atom. The van der Waals surface area contributed by atoms with Gasteiger partial charge < -0.3 is 19.5 Å². The van der Waals surface area contributed by atoms with E-state index in [0.717, 1.165) is 66.8 Å². The molecule has 1 radical (unpaired) electrons. The van der Waals surface area contributed by atoms with E-state index in [4.69, 9.17) is 4.74 Å². The summed E-state index contributed by atoms with van der Waals surface area (Å²) in [5, 5.41) is 5.63. The van der Waals surface area contributed by atoms with Crippen molar-refractivity contribution in [2.24, 2.45) is 0 Å². The number of halogens is 1. The molecule has 0 bridgehead atoms. The molecule has 5 rings (SSSR count). The first-order chi connectivity index (χ1) is 17.5. The van der Waals surface area contributed by atoms with E-state index in [0.29, 0.717) is 12.3 Å². The van der Waals surface area contributed by atoms with Crippen LogP contribution >= 0.6 is 0 Å². The van der Waals surface area contributed by atoms with Crippen molar-refractivity contribution in [3.63, 3.8) is 0 Å². The lowest BCUT2D eigenvalue weighted by Gasteiger charge is -2.34. The third-order valence-corrected chi connectivity index (χ3v) is 6.67. The summed E-state index contributed by atoms with van der Waals surface area (Å²) in [6, 6.07) is 7.15.